The topological polar surface area (TPSA) is 20.2 Å². The Kier molecular flexibility index (Phi) is 3.02. The first-order valence-corrected chi connectivity index (χ1v) is 6.71. The van der Waals surface area contributed by atoms with Crippen molar-refractivity contribution in [2.75, 3.05) is 0 Å². The van der Waals surface area contributed by atoms with E-state index in [0.29, 0.717) is 10.3 Å². The molecule has 0 spiro atoms. The molecule has 1 nitrogen and oxygen atoms in total. The minimum Gasteiger partial charge on any atom is -0.210 e. The number of hydrogen-bond donors (Lipinski definition) is 1. The fourth-order valence-corrected chi connectivity index (χ4v) is 2.91. The van der Waals surface area contributed by atoms with Crippen molar-refractivity contribution in [1.29, 1.82) is 0 Å². The highest BCUT2D eigenvalue weighted by atomic mass is 35.9. The van der Waals surface area contributed by atoms with Gasteiger partial charge in [-0.3, -0.25) is 0 Å². The van der Waals surface area contributed by atoms with Crippen LogP contribution in [0.2, 0.25) is 5.02 Å². The first-order valence-electron chi connectivity index (χ1n) is 2.78. The van der Waals surface area contributed by atoms with Crippen LogP contribution in [0.1, 0.15) is 0 Å². The predicted molar refractivity (Wildman–Crippen MR) is 51.9 cm³/mol. The Balaban J connectivity index is 3.14. The van der Waals surface area contributed by atoms with Crippen LogP contribution in [0.5, 0.6) is 0 Å². The number of benzene rings is 1. The highest BCUT2D eigenvalue weighted by molar-refractivity contribution is 8.18. The maximum absolute atomic E-state index is 9.23. The molecule has 0 radical (unpaired) electrons. The minimum absolute atomic E-state index is 0.397. The highest BCUT2D eigenvalue weighted by Crippen LogP contribution is 2.64. The van der Waals surface area contributed by atoms with E-state index in [2.05, 4.69) is 0 Å². The second kappa shape index (κ2) is 3.47. The summed E-state index contributed by atoms with van der Waals surface area (Å²) < 4.78 is 0. The Hall–Kier alpha value is 0.480. The molecule has 0 atom stereocenters. The lowest BCUT2D eigenvalue weighted by atomic mass is 10.4. The van der Waals surface area contributed by atoms with E-state index < -0.39 is 6.19 Å². The first-order chi connectivity index (χ1) is 5.02. The van der Waals surface area contributed by atoms with Crippen LogP contribution in [-0.2, 0) is 0 Å². The van der Waals surface area contributed by atoms with Crippen molar-refractivity contribution >= 4 is 45.6 Å². The van der Waals surface area contributed by atoms with Crippen molar-refractivity contribution in [3.8, 4) is 0 Å². The third-order valence-electron chi connectivity index (χ3n) is 1.14. The van der Waals surface area contributed by atoms with Crippen LogP contribution in [0.15, 0.2) is 24.3 Å². The zero-order valence-corrected chi connectivity index (χ0v) is 8.50. The summed E-state index contributed by atoms with van der Waals surface area (Å²) in [6.45, 7) is 0. The fraction of sp³-hybridized carbons (Fsp3) is 0. The molecule has 0 aliphatic heterocycles. The average Bonchev–Trinajstić information content (AvgIpc) is 1.86. The standard InChI is InChI=1S/C6H5Cl3OP/c7-5-3-1-2-4-6(5)11(8,9)10/h1-4,10H/q+1. The summed E-state index contributed by atoms with van der Waals surface area (Å²) in [6.07, 6.45) is -2.99. The second-order valence-corrected chi connectivity index (χ2v) is 7.25. The van der Waals surface area contributed by atoms with E-state index in [0.717, 1.165) is 0 Å². The molecular weight excluding hydrogens is 225 g/mol. The molecule has 0 aliphatic rings. The zero-order valence-electron chi connectivity index (χ0n) is 5.34. The van der Waals surface area contributed by atoms with Crippen molar-refractivity contribution in [3.05, 3.63) is 29.3 Å². The van der Waals surface area contributed by atoms with Gasteiger partial charge in [0.25, 0.3) is 0 Å². The Labute approximate surface area is 79.9 Å². The van der Waals surface area contributed by atoms with Gasteiger partial charge < -0.3 is 0 Å². The van der Waals surface area contributed by atoms with E-state index in [1.54, 1.807) is 24.3 Å². The van der Waals surface area contributed by atoms with Crippen molar-refractivity contribution in [1.82, 2.24) is 0 Å². The molecule has 1 rings (SSSR count). The second-order valence-electron chi connectivity index (χ2n) is 1.94. The summed E-state index contributed by atoms with van der Waals surface area (Å²) in [6, 6.07) is 6.70. The van der Waals surface area contributed by atoms with E-state index in [4.69, 9.17) is 34.1 Å². The Morgan fingerprint density at radius 3 is 2.09 bits per heavy atom. The van der Waals surface area contributed by atoms with E-state index >= 15 is 0 Å². The quantitative estimate of drug-likeness (QED) is 0.735. The third kappa shape index (κ3) is 2.47. The highest BCUT2D eigenvalue weighted by Gasteiger charge is 2.37. The largest absolute Gasteiger partial charge is 0.370 e. The maximum Gasteiger partial charge on any atom is 0.370 e. The molecule has 0 saturated carbocycles. The first kappa shape index (κ1) is 9.57. The minimum atomic E-state index is -2.99. The number of rotatable bonds is 1. The van der Waals surface area contributed by atoms with Crippen molar-refractivity contribution in [3.63, 3.8) is 0 Å². The van der Waals surface area contributed by atoms with Gasteiger partial charge in [0, 0.05) is 0 Å². The lowest BCUT2D eigenvalue weighted by Crippen LogP contribution is -2.02. The average molecular weight is 230 g/mol. The van der Waals surface area contributed by atoms with Gasteiger partial charge in [-0.1, -0.05) is 23.7 Å². The summed E-state index contributed by atoms with van der Waals surface area (Å²) in [4.78, 5) is 9.23. The molecule has 0 unspecified atom stereocenters. The molecule has 0 saturated heterocycles. The summed E-state index contributed by atoms with van der Waals surface area (Å²) in [5, 5.41) is 0.804. The van der Waals surface area contributed by atoms with Crippen LogP contribution in [0.3, 0.4) is 0 Å². The van der Waals surface area contributed by atoms with Gasteiger partial charge in [0.2, 0.25) is 0 Å². The monoisotopic (exact) mass is 229 g/mol. The molecule has 11 heavy (non-hydrogen) atoms. The van der Waals surface area contributed by atoms with Crippen molar-refractivity contribution in [2.24, 2.45) is 0 Å². The molecule has 0 aromatic heterocycles. The van der Waals surface area contributed by atoms with E-state index in [1.165, 1.54) is 0 Å². The fourth-order valence-electron chi connectivity index (χ4n) is 0.670. The van der Waals surface area contributed by atoms with Gasteiger partial charge in [-0.15, -0.1) is 0 Å². The van der Waals surface area contributed by atoms with E-state index in [1.807, 2.05) is 0 Å². The molecule has 0 bridgehead atoms. The van der Waals surface area contributed by atoms with Gasteiger partial charge in [0.15, 0.2) is 5.30 Å². The van der Waals surface area contributed by atoms with Gasteiger partial charge in [0.1, 0.15) is 22.5 Å². The van der Waals surface area contributed by atoms with Crippen LogP contribution >= 0.6 is 40.3 Å². The van der Waals surface area contributed by atoms with Gasteiger partial charge in [-0.25, -0.2) is 4.89 Å². The maximum atomic E-state index is 9.23. The molecule has 0 fully saturated rings. The normalized spacial score (nSPS) is 11.6. The lowest BCUT2D eigenvalue weighted by Gasteiger charge is -2.01. The predicted octanol–water partition coefficient (Wildman–Crippen LogP) is 3.20. The van der Waals surface area contributed by atoms with Crippen LogP contribution in [-0.4, -0.2) is 4.89 Å². The molecule has 1 N–H and O–H groups in total. The van der Waals surface area contributed by atoms with Crippen LogP contribution in [0.25, 0.3) is 0 Å². The molecule has 60 valence electrons. The number of halogens is 3. The molecule has 1 aromatic rings. The van der Waals surface area contributed by atoms with Crippen LogP contribution in [0, 0.1) is 0 Å². The molecular formula is C6H5Cl3OP+. The van der Waals surface area contributed by atoms with Gasteiger partial charge in [-0.2, -0.15) is 0 Å². The SMILES string of the molecule is O[P+](Cl)(Cl)c1ccccc1Cl. The van der Waals surface area contributed by atoms with Crippen molar-refractivity contribution < 1.29 is 4.89 Å². The Bertz CT molecular complexity index is 258. The summed E-state index contributed by atoms with van der Waals surface area (Å²) >= 11 is 16.7. The third-order valence-corrected chi connectivity index (χ3v) is 3.67. The van der Waals surface area contributed by atoms with E-state index in [9.17, 15) is 4.89 Å². The molecule has 1 aromatic carbocycles. The van der Waals surface area contributed by atoms with Crippen LogP contribution in [0.4, 0.5) is 0 Å². The zero-order chi connectivity index (χ0) is 8.48. The van der Waals surface area contributed by atoms with Crippen molar-refractivity contribution in [2.45, 2.75) is 0 Å². The summed E-state index contributed by atoms with van der Waals surface area (Å²) in [5.41, 5.74) is 0. The number of hydrogen-bond acceptors (Lipinski definition) is 1. The summed E-state index contributed by atoms with van der Waals surface area (Å²) in [7, 11) is 0. The van der Waals surface area contributed by atoms with Gasteiger partial charge in [0.05, 0.1) is 5.02 Å². The smallest absolute Gasteiger partial charge is 0.210 e. The molecule has 0 aliphatic carbocycles. The Morgan fingerprint density at radius 1 is 1.18 bits per heavy atom. The summed E-state index contributed by atoms with van der Waals surface area (Å²) in [5.74, 6) is 0. The van der Waals surface area contributed by atoms with E-state index in [-0.39, 0.29) is 0 Å². The lowest BCUT2D eigenvalue weighted by molar-refractivity contribution is 0.644. The van der Waals surface area contributed by atoms with Gasteiger partial charge >= 0.3 is 6.19 Å². The van der Waals surface area contributed by atoms with Gasteiger partial charge in [-0.05, 0) is 12.1 Å². The van der Waals surface area contributed by atoms with Crippen LogP contribution < -0.4 is 5.30 Å². The molecule has 0 amide bonds. The molecule has 0 heterocycles. The Morgan fingerprint density at radius 2 is 1.73 bits per heavy atom. The molecule has 5 heteroatoms.